The highest BCUT2D eigenvalue weighted by Gasteiger charge is 2.29. The van der Waals surface area contributed by atoms with Crippen LogP contribution >= 0.6 is 32.9 Å². The Hall–Kier alpha value is -0.360. The molecule has 1 aromatic heterocycles. The van der Waals surface area contributed by atoms with Crippen molar-refractivity contribution in [2.45, 2.75) is 48.1 Å². The summed E-state index contributed by atoms with van der Waals surface area (Å²) in [4.78, 5) is 11.8. The molecule has 0 unspecified atom stereocenters. The summed E-state index contributed by atoms with van der Waals surface area (Å²) in [5.74, 6) is 1.01. The molecule has 0 aromatic carbocycles. The van der Waals surface area contributed by atoms with Crippen LogP contribution in [0.4, 0.5) is 5.13 Å². The maximum absolute atomic E-state index is 11.8. The quantitative estimate of drug-likeness (QED) is 0.422. The van der Waals surface area contributed by atoms with Gasteiger partial charge in [0.25, 0.3) is 10.0 Å². The Kier molecular flexibility index (Phi) is 6.11. The molecule has 0 bridgehead atoms. The highest BCUT2D eigenvalue weighted by Crippen LogP contribution is 2.49. The van der Waals surface area contributed by atoms with Gasteiger partial charge < -0.3 is 5.32 Å². The van der Waals surface area contributed by atoms with E-state index in [2.05, 4.69) is 22.4 Å². The van der Waals surface area contributed by atoms with Crippen molar-refractivity contribution in [3.05, 3.63) is 0 Å². The van der Waals surface area contributed by atoms with Gasteiger partial charge in [0.1, 0.15) is 0 Å². The van der Waals surface area contributed by atoms with Crippen LogP contribution in [0.1, 0.15) is 39.0 Å². The number of nitrogens with two attached hydrogens (primary N) is 1. The zero-order chi connectivity index (χ0) is 16.2. The van der Waals surface area contributed by atoms with Gasteiger partial charge in [0.15, 0.2) is 0 Å². The number of hydrogen-bond acceptors (Lipinski definition) is 8. The molecule has 1 fully saturated rings. The largest absolute Gasteiger partial charge is 0.301 e. The maximum atomic E-state index is 11.8. The number of unbranched alkanes of at least 4 members (excludes halogenated alkanes) is 1. The van der Waals surface area contributed by atoms with Gasteiger partial charge in [-0.05, 0) is 26.2 Å². The molecule has 1 amide bonds. The first kappa shape index (κ1) is 18.0. The summed E-state index contributed by atoms with van der Waals surface area (Å²) < 4.78 is 22.2. The average Bonchev–Trinajstić information content (AvgIpc) is 3.04. The number of nitrogens with one attached hydrogen (secondary N) is 1. The number of rotatable bonds is 7. The second-order valence-electron chi connectivity index (χ2n) is 5.28. The van der Waals surface area contributed by atoms with E-state index < -0.39 is 10.0 Å². The number of carbonyl (C=O) groups is 1. The van der Waals surface area contributed by atoms with Crippen molar-refractivity contribution in [1.82, 2.24) is 10.2 Å². The van der Waals surface area contributed by atoms with Crippen LogP contribution in [0.2, 0.25) is 0 Å². The number of amides is 1. The maximum Gasteiger partial charge on any atom is 0.267 e. The van der Waals surface area contributed by atoms with Crippen LogP contribution in [0.5, 0.6) is 0 Å². The predicted octanol–water partition coefficient (Wildman–Crippen LogP) is 2.23. The minimum atomic E-state index is -3.87. The fourth-order valence-electron chi connectivity index (χ4n) is 1.99. The normalized spacial score (nSPS) is 21.9. The number of nitrogens with zero attached hydrogens (tertiary/aromatic N) is 2. The summed E-state index contributed by atoms with van der Waals surface area (Å²) in [7, 11) is -0.00808. The van der Waals surface area contributed by atoms with E-state index in [1.165, 1.54) is 12.2 Å². The van der Waals surface area contributed by atoms with Crippen LogP contribution in [0.3, 0.4) is 0 Å². The van der Waals surface area contributed by atoms with Crippen molar-refractivity contribution < 1.29 is 13.2 Å². The van der Waals surface area contributed by atoms with Gasteiger partial charge >= 0.3 is 0 Å². The second-order valence-corrected chi connectivity index (χ2v) is 11.0. The van der Waals surface area contributed by atoms with Gasteiger partial charge in [-0.1, -0.05) is 39.3 Å². The zero-order valence-electron chi connectivity index (χ0n) is 12.1. The van der Waals surface area contributed by atoms with Gasteiger partial charge in [-0.25, -0.2) is 13.6 Å². The number of carbonyl (C=O) groups excluding carboxylic acids is 1. The van der Waals surface area contributed by atoms with Crippen LogP contribution in [0.25, 0.3) is 0 Å². The molecule has 1 saturated heterocycles. The summed E-state index contributed by atoms with van der Waals surface area (Å²) in [6.07, 6.45) is 4.50. The molecular weight excluding hydrogens is 364 g/mol. The van der Waals surface area contributed by atoms with Crippen molar-refractivity contribution in [3.8, 4) is 0 Å². The molecule has 0 radical (unpaired) electrons. The van der Waals surface area contributed by atoms with Crippen molar-refractivity contribution in [1.29, 1.82) is 0 Å². The van der Waals surface area contributed by atoms with Gasteiger partial charge in [0, 0.05) is 16.9 Å². The summed E-state index contributed by atoms with van der Waals surface area (Å²) in [5.41, 5.74) is 0. The Balaban J connectivity index is 1.71. The van der Waals surface area contributed by atoms with Crippen molar-refractivity contribution in [3.63, 3.8) is 0 Å². The van der Waals surface area contributed by atoms with E-state index >= 15 is 0 Å². The Morgan fingerprint density at radius 3 is 2.77 bits per heavy atom. The van der Waals surface area contributed by atoms with Crippen molar-refractivity contribution in [2.75, 3.05) is 11.1 Å². The van der Waals surface area contributed by atoms with Crippen LogP contribution in [0, 0.1) is 0 Å². The summed E-state index contributed by atoms with van der Waals surface area (Å²) in [5, 5.41) is 14.7. The van der Waals surface area contributed by atoms with E-state index in [4.69, 9.17) is 5.14 Å². The number of hydrogen-bond donors (Lipinski definition) is 2. The lowest BCUT2D eigenvalue weighted by molar-refractivity contribution is -0.116. The van der Waals surface area contributed by atoms with Crippen LogP contribution in [0.15, 0.2) is 4.34 Å². The first-order valence-electron chi connectivity index (χ1n) is 6.75. The van der Waals surface area contributed by atoms with Gasteiger partial charge in [0.05, 0.1) is 0 Å². The van der Waals surface area contributed by atoms with Gasteiger partial charge in [-0.3, -0.25) is 4.79 Å². The molecule has 1 aromatic rings. The van der Waals surface area contributed by atoms with E-state index in [0.717, 1.165) is 30.6 Å². The fourth-order valence-corrected chi connectivity index (χ4v) is 6.64. The molecule has 7 nitrogen and oxygen atoms in total. The molecule has 11 heteroatoms. The van der Waals surface area contributed by atoms with E-state index in [1.54, 1.807) is 0 Å². The highest BCUT2D eigenvalue weighted by molar-refractivity contribution is 8.77. The van der Waals surface area contributed by atoms with Crippen LogP contribution in [-0.4, -0.2) is 35.0 Å². The fraction of sp³-hybridized carbons (Fsp3) is 0.727. The van der Waals surface area contributed by atoms with Crippen LogP contribution < -0.4 is 10.5 Å². The van der Waals surface area contributed by atoms with E-state index in [-0.39, 0.29) is 15.4 Å². The third-order valence-electron chi connectivity index (χ3n) is 3.23. The topological polar surface area (TPSA) is 115 Å². The van der Waals surface area contributed by atoms with Gasteiger partial charge in [-0.2, -0.15) is 0 Å². The first-order chi connectivity index (χ1) is 10.3. The highest BCUT2D eigenvalue weighted by atomic mass is 33.1. The van der Waals surface area contributed by atoms with Gasteiger partial charge in [0.2, 0.25) is 15.4 Å². The minimum Gasteiger partial charge on any atom is -0.301 e. The van der Waals surface area contributed by atoms with E-state index in [1.807, 2.05) is 21.6 Å². The molecule has 2 heterocycles. The third-order valence-corrected chi connectivity index (χ3v) is 8.74. The molecular formula is C11H18N4O3S4. The van der Waals surface area contributed by atoms with E-state index in [9.17, 15) is 13.2 Å². The molecule has 0 saturated carbocycles. The minimum absolute atomic E-state index is 0.156. The third kappa shape index (κ3) is 5.37. The summed E-state index contributed by atoms with van der Waals surface area (Å²) >= 11 is 0.754. The lowest BCUT2D eigenvalue weighted by Crippen LogP contribution is -2.16. The number of sulfonamides is 1. The van der Waals surface area contributed by atoms with Crippen molar-refractivity contribution in [2.24, 2.45) is 5.14 Å². The van der Waals surface area contributed by atoms with E-state index in [0.29, 0.717) is 11.2 Å². The SMILES string of the molecule is C[C@@]1(CCCCC(=O)Nc2nnc(S(N)(=O)=O)s2)CCSS1. The lowest BCUT2D eigenvalue weighted by atomic mass is 9.99. The molecule has 124 valence electrons. The van der Waals surface area contributed by atoms with Crippen molar-refractivity contribution >= 4 is 54.0 Å². The molecule has 1 aliphatic rings. The standard InChI is InChI=1S/C11H18N4O3S4/c1-11(6-7-19-21-11)5-3-2-4-8(16)13-9-14-15-10(20-9)22(12,17)18/h2-7H2,1H3,(H2,12,17,18)(H,13,14,16)/t11-/m1/s1. The molecule has 0 spiro atoms. The Bertz CT molecular complexity index is 625. The number of primary sulfonamides is 1. The predicted molar refractivity (Wildman–Crippen MR) is 91.5 cm³/mol. The average molecular weight is 383 g/mol. The van der Waals surface area contributed by atoms with Crippen LogP contribution in [-0.2, 0) is 14.8 Å². The zero-order valence-corrected chi connectivity index (χ0v) is 15.3. The smallest absolute Gasteiger partial charge is 0.267 e. The molecule has 1 atom stereocenters. The number of aromatic nitrogens is 2. The van der Waals surface area contributed by atoms with Gasteiger partial charge in [-0.15, -0.1) is 10.2 Å². The molecule has 2 rings (SSSR count). The molecule has 1 aliphatic heterocycles. The first-order valence-corrected chi connectivity index (χ1v) is 11.4. The number of anilines is 1. The molecule has 0 aliphatic carbocycles. The summed E-state index contributed by atoms with van der Waals surface area (Å²) in [6.45, 7) is 2.27. The Labute approximate surface area is 141 Å². The Morgan fingerprint density at radius 1 is 1.41 bits per heavy atom. The monoisotopic (exact) mass is 382 g/mol. The lowest BCUT2D eigenvalue weighted by Gasteiger charge is -2.20. The Morgan fingerprint density at radius 2 is 2.18 bits per heavy atom. The second kappa shape index (κ2) is 7.47. The molecule has 3 N–H and O–H groups in total. The summed E-state index contributed by atoms with van der Waals surface area (Å²) in [6, 6.07) is 0. The molecule has 22 heavy (non-hydrogen) atoms.